The van der Waals surface area contributed by atoms with E-state index in [0.29, 0.717) is 17.7 Å². The zero-order valence-corrected chi connectivity index (χ0v) is 14.5. The van der Waals surface area contributed by atoms with Crippen LogP contribution in [0.3, 0.4) is 0 Å². The van der Waals surface area contributed by atoms with Crippen LogP contribution in [0.4, 0.5) is 22.0 Å². The van der Waals surface area contributed by atoms with E-state index in [0.717, 1.165) is 16.7 Å². The highest BCUT2D eigenvalue weighted by molar-refractivity contribution is 7.99. The summed E-state index contributed by atoms with van der Waals surface area (Å²) >= 11 is 1.52. The number of hydrogen-bond acceptors (Lipinski definition) is 4. The fourth-order valence-electron chi connectivity index (χ4n) is 2.45. The molecular formula is C16H13F5N4S. The molecule has 0 N–H and O–H groups in total. The van der Waals surface area contributed by atoms with E-state index in [4.69, 9.17) is 0 Å². The monoisotopic (exact) mass is 388 g/mol. The number of rotatable bonds is 4. The SMILES string of the molecule is CCSc1cccnc1-c1nc2cc(C(F)(F)C(F)(F)F)cnc2n1C. The fourth-order valence-corrected chi connectivity index (χ4v) is 3.22. The maximum Gasteiger partial charge on any atom is 0.458 e. The lowest BCUT2D eigenvalue weighted by Crippen LogP contribution is -2.33. The number of aryl methyl sites for hydroxylation is 1. The average molecular weight is 388 g/mol. The number of aromatic nitrogens is 4. The van der Waals surface area contributed by atoms with Crippen molar-refractivity contribution >= 4 is 22.9 Å². The third-order valence-electron chi connectivity index (χ3n) is 3.71. The molecule has 0 spiro atoms. The van der Waals surface area contributed by atoms with Crippen LogP contribution in [0.15, 0.2) is 35.5 Å². The van der Waals surface area contributed by atoms with Crippen molar-refractivity contribution in [1.29, 1.82) is 0 Å². The van der Waals surface area contributed by atoms with Gasteiger partial charge in [-0.15, -0.1) is 11.8 Å². The van der Waals surface area contributed by atoms with Gasteiger partial charge in [-0.25, -0.2) is 9.97 Å². The molecule has 0 aliphatic rings. The number of thioether (sulfide) groups is 1. The summed E-state index contributed by atoms with van der Waals surface area (Å²) in [6.07, 6.45) is -3.61. The van der Waals surface area contributed by atoms with Crippen molar-refractivity contribution < 1.29 is 22.0 Å². The third-order valence-corrected chi connectivity index (χ3v) is 4.64. The molecule has 3 rings (SSSR count). The molecule has 0 saturated heterocycles. The van der Waals surface area contributed by atoms with Gasteiger partial charge >= 0.3 is 12.1 Å². The molecule has 0 fully saturated rings. The van der Waals surface area contributed by atoms with Gasteiger partial charge in [-0.3, -0.25) is 4.98 Å². The Morgan fingerprint density at radius 1 is 1.15 bits per heavy atom. The lowest BCUT2D eigenvalue weighted by molar-refractivity contribution is -0.289. The predicted octanol–water partition coefficient (Wildman–Crippen LogP) is 4.80. The Morgan fingerprint density at radius 3 is 2.54 bits per heavy atom. The molecule has 0 aliphatic heterocycles. The maximum atomic E-state index is 13.6. The van der Waals surface area contributed by atoms with Crippen molar-refractivity contribution in [1.82, 2.24) is 19.5 Å². The van der Waals surface area contributed by atoms with E-state index in [1.807, 2.05) is 13.0 Å². The van der Waals surface area contributed by atoms with Crippen LogP contribution in [-0.4, -0.2) is 31.4 Å². The van der Waals surface area contributed by atoms with Crippen LogP contribution in [-0.2, 0) is 13.0 Å². The molecule has 3 aromatic heterocycles. The maximum absolute atomic E-state index is 13.6. The second kappa shape index (κ2) is 6.49. The van der Waals surface area contributed by atoms with Crippen molar-refractivity contribution in [2.75, 3.05) is 5.75 Å². The van der Waals surface area contributed by atoms with Crippen LogP contribution in [0.25, 0.3) is 22.7 Å². The average Bonchev–Trinajstić information content (AvgIpc) is 2.91. The van der Waals surface area contributed by atoms with Crippen molar-refractivity contribution in [3.05, 3.63) is 36.2 Å². The van der Waals surface area contributed by atoms with Gasteiger partial charge in [-0.05, 0) is 24.0 Å². The second-order valence-corrected chi connectivity index (χ2v) is 6.72. The first-order valence-electron chi connectivity index (χ1n) is 7.52. The molecule has 0 bridgehead atoms. The van der Waals surface area contributed by atoms with Gasteiger partial charge in [0.15, 0.2) is 11.5 Å². The first kappa shape index (κ1) is 18.6. The van der Waals surface area contributed by atoms with E-state index in [9.17, 15) is 22.0 Å². The van der Waals surface area contributed by atoms with Crippen LogP contribution in [0, 0.1) is 0 Å². The molecule has 138 valence electrons. The van der Waals surface area contributed by atoms with Crippen molar-refractivity contribution in [3.63, 3.8) is 0 Å². The number of alkyl halides is 5. The normalized spacial score (nSPS) is 12.7. The Morgan fingerprint density at radius 2 is 1.88 bits per heavy atom. The van der Waals surface area contributed by atoms with Crippen LogP contribution < -0.4 is 0 Å². The lowest BCUT2D eigenvalue weighted by Gasteiger charge is -2.19. The van der Waals surface area contributed by atoms with Gasteiger partial charge in [0, 0.05) is 24.3 Å². The number of nitrogens with zero attached hydrogens (tertiary/aromatic N) is 4. The highest BCUT2D eigenvalue weighted by Crippen LogP contribution is 2.44. The zero-order chi connectivity index (χ0) is 19.1. The van der Waals surface area contributed by atoms with Crippen molar-refractivity contribution in [2.24, 2.45) is 7.05 Å². The zero-order valence-electron chi connectivity index (χ0n) is 13.7. The summed E-state index contributed by atoms with van der Waals surface area (Å²) in [5, 5.41) is 0. The molecule has 0 unspecified atom stereocenters. The first-order valence-corrected chi connectivity index (χ1v) is 8.51. The summed E-state index contributed by atoms with van der Waals surface area (Å²) in [6.45, 7) is 1.96. The quantitative estimate of drug-likeness (QED) is 0.476. The van der Waals surface area contributed by atoms with E-state index in [1.54, 1.807) is 19.3 Å². The van der Waals surface area contributed by atoms with Gasteiger partial charge in [0.25, 0.3) is 0 Å². The number of hydrogen-bond donors (Lipinski definition) is 0. The van der Waals surface area contributed by atoms with Crippen LogP contribution in [0.5, 0.6) is 0 Å². The van der Waals surface area contributed by atoms with Crippen LogP contribution in [0.2, 0.25) is 0 Å². The van der Waals surface area contributed by atoms with E-state index < -0.39 is 17.7 Å². The van der Waals surface area contributed by atoms with Gasteiger partial charge in [0.05, 0.1) is 5.56 Å². The second-order valence-electron chi connectivity index (χ2n) is 5.42. The Hall–Kier alpha value is -2.23. The minimum Gasteiger partial charge on any atom is -0.310 e. The van der Waals surface area contributed by atoms with Gasteiger partial charge in [-0.1, -0.05) is 6.92 Å². The highest BCUT2D eigenvalue weighted by Gasteiger charge is 2.59. The minimum absolute atomic E-state index is 0.0537. The Kier molecular flexibility index (Phi) is 4.63. The summed E-state index contributed by atoms with van der Waals surface area (Å²) in [7, 11) is 1.61. The molecule has 0 radical (unpaired) electrons. The highest BCUT2D eigenvalue weighted by atomic mass is 32.2. The Balaban J connectivity index is 2.16. The van der Waals surface area contributed by atoms with Crippen LogP contribution in [0.1, 0.15) is 12.5 Å². The van der Waals surface area contributed by atoms with Gasteiger partial charge in [-0.2, -0.15) is 22.0 Å². The first-order chi connectivity index (χ1) is 12.2. The van der Waals surface area contributed by atoms with Gasteiger partial charge in [0.2, 0.25) is 0 Å². The summed E-state index contributed by atoms with van der Waals surface area (Å²) < 4.78 is 66.4. The van der Waals surface area contributed by atoms with E-state index in [-0.39, 0.29) is 11.2 Å². The number of halogens is 5. The van der Waals surface area contributed by atoms with Crippen molar-refractivity contribution in [3.8, 4) is 11.5 Å². The van der Waals surface area contributed by atoms with Crippen LogP contribution >= 0.6 is 11.8 Å². The Bertz CT molecular complexity index is 951. The molecule has 4 nitrogen and oxygen atoms in total. The lowest BCUT2D eigenvalue weighted by atomic mass is 10.1. The topological polar surface area (TPSA) is 43.6 Å². The number of imidazole rings is 1. The van der Waals surface area contributed by atoms with E-state index in [2.05, 4.69) is 15.0 Å². The summed E-state index contributed by atoms with van der Waals surface area (Å²) in [4.78, 5) is 13.1. The fraction of sp³-hybridized carbons (Fsp3) is 0.312. The van der Waals surface area contributed by atoms with Gasteiger partial charge in [0.1, 0.15) is 11.2 Å². The standard InChI is InChI=1S/C16H13F5N4S/c1-3-26-11-5-4-6-22-12(11)14-24-10-7-9(8-23-13(10)25(14)2)15(17,18)16(19,20)21/h4-8H,3H2,1-2H3. The molecule has 3 aromatic rings. The smallest absolute Gasteiger partial charge is 0.310 e. The van der Waals surface area contributed by atoms with Gasteiger partial charge < -0.3 is 4.57 Å². The molecular weight excluding hydrogens is 375 g/mol. The molecule has 0 atom stereocenters. The summed E-state index contributed by atoms with van der Waals surface area (Å²) in [5.74, 6) is -3.88. The number of fused-ring (bicyclic) bond motifs is 1. The van der Waals surface area contributed by atoms with E-state index >= 15 is 0 Å². The molecule has 0 aliphatic carbocycles. The molecule has 0 saturated carbocycles. The Labute approximate surface area is 149 Å². The van der Waals surface area contributed by atoms with E-state index in [1.165, 1.54) is 16.3 Å². The summed E-state index contributed by atoms with van der Waals surface area (Å²) in [6, 6.07) is 4.31. The molecule has 26 heavy (non-hydrogen) atoms. The summed E-state index contributed by atoms with van der Waals surface area (Å²) in [5.41, 5.74) is -0.586. The molecule has 10 heteroatoms. The van der Waals surface area contributed by atoms with Crippen molar-refractivity contribution in [2.45, 2.75) is 23.9 Å². The number of pyridine rings is 2. The largest absolute Gasteiger partial charge is 0.458 e. The third kappa shape index (κ3) is 3.02. The predicted molar refractivity (Wildman–Crippen MR) is 88.1 cm³/mol. The minimum atomic E-state index is -5.70. The molecule has 3 heterocycles. The molecule has 0 aromatic carbocycles. The molecule has 0 amide bonds.